The average Bonchev–Trinajstić information content (AvgIpc) is 2.04. The lowest BCUT2D eigenvalue weighted by Crippen LogP contribution is -2.49. The molecular weight excluding hydrogens is 164 g/mol. The highest BCUT2D eigenvalue weighted by molar-refractivity contribution is 4.87. The highest BCUT2D eigenvalue weighted by atomic mass is 16.3. The average molecular weight is 186 g/mol. The van der Waals surface area contributed by atoms with Gasteiger partial charge in [-0.2, -0.15) is 0 Å². The summed E-state index contributed by atoms with van der Waals surface area (Å²) in [5.41, 5.74) is -0.545. The molecule has 3 heteroatoms. The SMILES string of the molecule is CN(C)C[C@@](C)(O)C1CCCNC1. The second-order valence-corrected chi connectivity index (χ2v) is 4.64. The van der Waals surface area contributed by atoms with Crippen LogP contribution in [0.1, 0.15) is 19.8 Å². The molecule has 1 aliphatic heterocycles. The lowest BCUT2D eigenvalue weighted by molar-refractivity contribution is -0.0289. The Bertz CT molecular complexity index is 151. The fourth-order valence-corrected chi connectivity index (χ4v) is 2.15. The second kappa shape index (κ2) is 4.40. The van der Waals surface area contributed by atoms with Crippen molar-refractivity contribution in [1.82, 2.24) is 10.2 Å². The van der Waals surface area contributed by atoms with E-state index in [0.29, 0.717) is 5.92 Å². The van der Waals surface area contributed by atoms with E-state index in [2.05, 4.69) is 10.2 Å². The van der Waals surface area contributed by atoms with Crippen molar-refractivity contribution >= 4 is 0 Å². The number of nitrogens with one attached hydrogen (secondary N) is 1. The Kier molecular flexibility index (Phi) is 3.71. The third-order valence-electron chi connectivity index (χ3n) is 2.81. The van der Waals surface area contributed by atoms with E-state index in [1.807, 2.05) is 21.0 Å². The Balaban J connectivity index is 2.45. The molecule has 0 aromatic rings. The minimum Gasteiger partial charge on any atom is -0.389 e. The second-order valence-electron chi connectivity index (χ2n) is 4.64. The number of hydrogen-bond donors (Lipinski definition) is 2. The topological polar surface area (TPSA) is 35.5 Å². The molecular formula is C10H22N2O. The molecule has 1 fully saturated rings. The zero-order chi connectivity index (χ0) is 9.90. The fourth-order valence-electron chi connectivity index (χ4n) is 2.15. The van der Waals surface area contributed by atoms with Gasteiger partial charge in [-0.05, 0) is 40.4 Å². The van der Waals surface area contributed by atoms with Crippen molar-refractivity contribution in [3.63, 3.8) is 0 Å². The van der Waals surface area contributed by atoms with Crippen molar-refractivity contribution in [2.45, 2.75) is 25.4 Å². The quantitative estimate of drug-likeness (QED) is 0.665. The van der Waals surface area contributed by atoms with Crippen molar-refractivity contribution in [2.75, 3.05) is 33.7 Å². The smallest absolute Gasteiger partial charge is 0.0785 e. The molecule has 0 aromatic heterocycles. The lowest BCUT2D eigenvalue weighted by Gasteiger charge is -2.37. The Morgan fingerprint density at radius 3 is 2.69 bits per heavy atom. The molecule has 0 radical (unpaired) electrons. The number of nitrogens with zero attached hydrogens (tertiary/aromatic N) is 1. The minimum absolute atomic E-state index is 0.406. The van der Waals surface area contributed by atoms with E-state index >= 15 is 0 Å². The number of aliphatic hydroxyl groups is 1. The van der Waals surface area contributed by atoms with Crippen molar-refractivity contribution in [3.05, 3.63) is 0 Å². The monoisotopic (exact) mass is 186 g/mol. The largest absolute Gasteiger partial charge is 0.389 e. The third kappa shape index (κ3) is 3.25. The van der Waals surface area contributed by atoms with Crippen LogP contribution in [0.15, 0.2) is 0 Å². The van der Waals surface area contributed by atoms with E-state index in [1.165, 1.54) is 6.42 Å². The molecule has 0 amide bonds. The molecule has 3 nitrogen and oxygen atoms in total. The summed E-state index contributed by atoms with van der Waals surface area (Å²) in [5.74, 6) is 0.406. The van der Waals surface area contributed by atoms with Crippen molar-refractivity contribution < 1.29 is 5.11 Å². The van der Waals surface area contributed by atoms with Gasteiger partial charge in [0.1, 0.15) is 0 Å². The molecule has 2 N–H and O–H groups in total. The maximum atomic E-state index is 10.2. The van der Waals surface area contributed by atoms with Crippen LogP contribution in [0.4, 0.5) is 0 Å². The molecule has 2 atom stereocenters. The number of hydrogen-bond acceptors (Lipinski definition) is 3. The molecule has 0 aromatic carbocycles. The van der Waals surface area contributed by atoms with Crippen LogP contribution in [0.2, 0.25) is 0 Å². The molecule has 78 valence electrons. The Labute approximate surface area is 81.1 Å². The first-order valence-corrected chi connectivity index (χ1v) is 5.10. The summed E-state index contributed by atoms with van der Waals surface area (Å²) in [6, 6.07) is 0. The summed E-state index contributed by atoms with van der Waals surface area (Å²) < 4.78 is 0. The van der Waals surface area contributed by atoms with Crippen LogP contribution in [0.25, 0.3) is 0 Å². The number of rotatable bonds is 3. The lowest BCUT2D eigenvalue weighted by atomic mass is 9.83. The van der Waals surface area contributed by atoms with Crippen LogP contribution in [0, 0.1) is 5.92 Å². The van der Waals surface area contributed by atoms with E-state index in [1.54, 1.807) is 0 Å². The van der Waals surface area contributed by atoms with E-state index < -0.39 is 5.60 Å². The van der Waals surface area contributed by atoms with Gasteiger partial charge in [0.15, 0.2) is 0 Å². The first-order chi connectivity index (χ1) is 6.02. The van der Waals surface area contributed by atoms with Gasteiger partial charge in [-0.3, -0.25) is 0 Å². The van der Waals surface area contributed by atoms with E-state index in [0.717, 1.165) is 26.1 Å². The van der Waals surface area contributed by atoms with E-state index in [-0.39, 0.29) is 0 Å². The Hall–Kier alpha value is -0.120. The molecule has 1 saturated heterocycles. The van der Waals surface area contributed by atoms with Crippen molar-refractivity contribution in [2.24, 2.45) is 5.92 Å². The van der Waals surface area contributed by atoms with Gasteiger partial charge in [0.25, 0.3) is 0 Å². The summed E-state index contributed by atoms with van der Waals surface area (Å²) in [6.45, 7) is 4.76. The van der Waals surface area contributed by atoms with Crippen LogP contribution in [0.5, 0.6) is 0 Å². The van der Waals surface area contributed by atoms with Gasteiger partial charge < -0.3 is 15.3 Å². The van der Waals surface area contributed by atoms with Crippen LogP contribution < -0.4 is 5.32 Å². The van der Waals surface area contributed by atoms with E-state index in [9.17, 15) is 5.11 Å². The molecule has 0 aliphatic carbocycles. The minimum atomic E-state index is -0.545. The van der Waals surface area contributed by atoms with Crippen molar-refractivity contribution in [3.8, 4) is 0 Å². The number of piperidine rings is 1. The van der Waals surface area contributed by atoms with Gasteiger partial charge in [0, 0.05) is 19.0 Å². The highest BCUT2D eigenvalue weighted by Gasteiger charge is 2.32. The maximum Gasteiger partial charge on any atom is 0.0785 e. The van der Waals surface area contributed by atoms with Gasteiger partial charge in [0.2, 0.25) is 0 Å². The predicted octanol–water partition coefficient (Wildman–Crippen LogP) is 0.299. The summed E-state index contributed by atoms with van der Waals surface area (Å²) in [6.07, 6.45) is 2.34. The van der Waals surface area contributed by atoms with Crippen LogP contribution >= 0.6 is 0 Å². The van der Waals surface area contributed by atoms with Gasteiger partial charge in [-0.15, -0.1) is 0 Å². The van der Waals surface area contributed by atoms with E-state index in [4.69, 9.17) is 0 Å². The first kappa shape index (κ1) is 11.0. The Morgan fingerprint density at radius 2 is 2.23 bits per heavy atom. The molecule has 0 saturated carbocycles. The third-order valence-corrected chi connectivity index (χ3v) is 2.81. The normalized spacial score (nSPS) is 28.8. The summed E-state index contributed by atoms with van der Waals surface area (Å²) >= 11 is 0. The summed E-state index contributed by atoms with van der Waals surface area (Å²) in [7, 11) is 4.01. The van der Waals surface area contributed by atoms with Gasteiger partial charge >= 0.3 is 0 Å². The molecule has 1 aliphatic rings. The highest BCUT2D eigenvalue weighted by Crippen LogP contribution is 2.24. The van der Waals surface area contributed by atoms with Crippen molar-refractivity contribution in [1.29, 1.82) is 0 Å². The van der Waals surface area contributed by atoms with Gasteiger partial charge in [-0.25, -0.2) is 0 Å². The molecule has 13 heavy (non-hydrogen) atoms. The first-order valence-electron chi connectivity index (χ1n) is 5.10. The maximum absolute atomic E-state index is 10.2. The summed E-state index contributed by atoms with van der Waals surface area (Å²) in [5, 5.41) is 13.6. The number of likely N-dealkylation sites (N-methyl/N-ethyl adjacent to an activating group) is 1. The molecule has 0 bridgehead atoms. The van der Waals surface area contributed by atoms with Gasteiger partial charge in [0.05, 0.1) is 5.60 Å². The molecule has 1 unspecified atom stereocenters. The molecule has 1 rings (SSSR count). The standard InChI is InChI=1S/C10H22N2O/c1-10(13,8-12(2)3)9-5-4-6-11-7-9/h9,11,13H,4-8H2,1-3H3/t9?,10-/m1/s1. The zero-order valence-electron chi connectivity index (χ0n) is 9.01. The molecule has 1 heterocycles. The van der Waals surface area contributed by atoms with Gasteiger partial charge in [-0.1, -0.05) is 0 Å². The Morgan fingerprint density at radius 1 is 1.54 bits per heavy atom. The fraction of sp³-hybridized carbons (Fsp3) is 1.00. The molecule has 0 spiro atoms. The predicted molar refractivity (Wildman–Crippen MR) is 54.8 cm³/mol. The van der Waals surface area contributed by atoms with Crippen LogP contribution in [-0.2, 0) is 0 Å². The van der Waals surface area contributed by atoms with Crippen LogP contribution in [-0.4, -0.2) is 49.3 Å². The van der Waals surface area contributed by atoms with Crippen LogP contribution in [0.3, 0.4) is 0 Å². The summed E-state index contributed by atoms with van der Waals surface area (Å²) in [4.78, 5) is 2.05. The zero-order valence-corrected chi connectivity index (χ0v) is 9.01.